The molecule has 1 N–H and O–H groups in total. The maximum Gasteiger partial charge on any atom is 0.412 e. The lowest BCUT2D eigenvalue weighted by molar-refractivity contribution is -0.121. The maximum absolute atomic E-state index is 13.7. The summed E-state index contributed by atoms with van der Waals surface area (Å²) in [4.78, 5) is 27.7. The van der Waals surface area contributed by atoms with Crippen molar-refractivity contribution in [2.75, 3.05) is 23.0 Å². The van der Waals surface area contributed by atoms with E-state index in [0.717, 1.165) is 24.0 Å². The minimum atomic E-state index is -2.80. The van der Waals surface area contributed by atoms with Crippen molar-refractivity contribution >= 4 is 23.4 Å². The van der Waals surface area contributed by atoms with Crippen LogP contribution in [-0.4, -0.2) is 58.1 Å². The number of carboxylic acid groups (broad SMARTS) is 1. The molecule has 34 heavy (non-hydrogen) atoms. The molecule has 5 rings (SSSR count). The van der Waals surface area contributed by atoms with Crippen molar-refractivity contribution in [1.29, 1.82) is 0 Å². The first-order valence-corrected chi connectivity index (χ1v) is 11.6. The van der Waals surface area contributed by atoms with Crippen LogP contribution in [0.25, 0.3) is 11.1 Å². The zero-order chi connectivity index (χ0) is 24.2. The molecule has 3 heterocycles. The number of aromatic nitrogens is 2. The fraction of sp³-hybridized carbons (Fsp3) is 0.542. The predicted molar refractivity (Wildman–Crippen MR) is 121 cm³/mol. The number of amides is 2. The van der Waals surface area contributed by atoms with E-state index < -0.39 is 30.0 Å². The zero-order valence-electron chi connectivity index (χ0n) is 19.2. The summed E-state index contributed by atoms with van der Waals surface area (Å²) in [7, 11) is 0. The van der Waals surface area contributed by atoms with Crippen LogP contribution in [0.5, 0.6) is 0 Å². The van der Waals surface area contributed by atoms with E-state index in [1.54, 1.807) is 25.3 Å². The highest BCUT2D eigenvalue weighted by atomic mass is 19.3. The molecular formula is C24H28F2N4O4. The third kappa shape index (κ3) is 3.83. The van der Waals surface area contributed by atoms with Crippen molar-refractivity contribution < 1.29 is 28.2 Å². The number of hydrogen-bond donors (Lipinski definition) is 1. The molecule has 2 aliphatic heterocycles. The average molecular weight is 475 g/mol. The fourth-order valence-corrected chi connectivity index (χ4v) is 5.73. The van der Waals surface area contributed by atoms with Crippen LogP contribution in [0.3, 0.4) is 0 Å². The lowest BCUT2D eigenvalue weighted by atomic mass is 9.72. The molecule has 182 valence electrons. The molecule has 10 heteroatoms. The van der Waals surface area contributed by atoms with Gasteiger partial charge in [0.1, 0.15) is 0 Å². The van der Waals surface area contributed by atoms with E-state index >= 15 is 0 Å². The third-order valence-electron chi connectivity index (χ3n) is 7.34. The number of ether oxygens (including phenoxy) is 1. The van der Waals surface area contributed by atoms with Crippen molar-refractivity contribution in [3.8, 4) is 11.1 Å². The van der Waals surface area contributed by atoms with Gasteiger partial charge in [-0.1, -0.05) is 6.07 Å². The molecule has 1 unspecified atom stereocenters. The first kappa shape index (κ1) is 22.8. The van der Waals surface area contributed by atoms with E-state index in [2.05, 4.69) is 5.10 Å². The first-order valence-electron chi connectivity index (χ1n) is 11.6. The van der Waals surface area contributed by atoms with Gasteiger partial charge in [-0.3, -0.25) is 14.4 Å². The van der Waals surface area contributed by atoms with Crippen LogP contribution in [0, 0.1) is 5.92 Å². The molecule has 1 aromatic carbocycles. The number of hydrogen-bond acceptors (Lipinski definition) is 4. The highest BCUT2D eigenvalue weighted by Crippen LogP contribution is 2.51. The Labute approximate surface area is 196 Å². The van der Waals surface area contributed by atoms with Crippen LogP contribution in [0.15, 0.2) is 30.6 Å². The number of alkyl halides is 2. The Morgan fingerprint density at radius 1 is 1.12 bits per heavy atom. The Hall–Kier alpha value is -3.01. The van der Waals surface area contributed by atoms with E-state index in [-0.39, 0.29) is 24.8 Å². The summed E-state index contributed by atoms with van der Waals surface area (Å²) in [6.45, 7) is 4.52. The Balaban J connectivity index is 1.54. The second kappa shape index (κ2) is 8.33. The molecule has 2 fully saturated rings. The average Bonchev–Trinajstić information content (AvgIpc) is 3.27. The van der Waals surface area contributed by atoms with Crippen LogP contribution in [0.2, 0.25) is 0 Å². The number of fused-ring (bicyclic) bond motifs is 1. The first-order chi connectivity index (χ1) is 16.2. The second-order valence-corrected chi connectivity index (χ2v) is 9.55. The molecule has 0 bridgehead atoms. The SMILES string of the molecule is CC(=O)N1c2ccc(-c3cnn(C4CCOCC4)c3)cc2N(C(=O)O)C(C2CC(F)(F)C2)[C@@H]1C. The number of anilines is 2. The summed E-state index contributed by atoms with van der Waals surface area (Å²) < 4.78 is 34.8. The minimum absolute atomic E-state index is 0.245. The van der Waals surface area contributed by atoms with Crippen molar-refractivity contribution in [3.05, 3.63) is 30.6 Å². The van der Waals surface area contributed by atoms with Gasteiger partial charge in [0.05, 0.1) is 35.7 Å². The number of carbonyl (C=O) groups excluding carboxylic acids is 1. The molecule has 2 aromatic rings. The van der Waals surface area contributed by atoms with Gasteiger partial charge < -0.3 is 14.7 Å². The summed E-state index contributed by atoms with van der Waals surface area (Å²) >= 11 is 0. The highest BCUT2D eigenvalue weighted by molar-refractivity contribution is 6.03. The van der Waals surface area contributed by atoms with E-state index in [1.165, 1.54) is 16.7 Å². The standard InChI is InChI=1S/C24H28F2N4O4/c1-14-22(17-10-24(25,26)11-17)30(23(32)33)21-9-16(3-4-20(21)29(14)15(2)31)18-12-27-28(13-18)19-5-7-34-8-6-19/h3-4,9,12-14,17,19,22H,5-8,10-11H2,1-2H3,(H,32,33)/t14-,22?/m0/s1. The Morgan fingerprint density at radius 3 is 2.44 bits per heavy atom. The summed E-state index contributed by atoms with van der Waals surface area (Å²) in [5.74, 6) is -3.58. The number of halogens is 2. The van der Waals surface area contributed by atoms with Crippen LogP contribution >= 0.6 is 0 Å². The van der Waals surface area contributed by atoms with Gasteiger partial charge in [-0.2, -0.15) is 5.10 Å². The van der Waals surface area contributed by atoms with Crippen molar-refractivity contribution in [3.63, 3.8) is 0 Å². The molecule has 8 nitrogen and oxygen atoms in total. The molecule has 1 saturated heterocycles. The molecular weight excluding hydrogens is 446 g/mol. The zero-order valence-corrected chi connectivity index (χ0v) is 19.2. The van der Waals surface area contributed by atoms with E-state index in [9.17, 15) is 23.5 Å². The molecule has 3 aliphatic rings. The summed E-state index contributed by atoms with van der Waals surface area (Å²) in [6.07, 6.45) is 3.43. The Morgan fingerprint density at radius 2 is 1.82 bits per heavy atom. The maximum atomic E-state index is 13.7. The van der Waals surface area contributed by atoms with Gasteiger partial charge in [0, 0.05) is 44.7 Å². The number of carbonyl (C=O) groups is 2. The lowest BCUT2D eigenvalue weighted by Crippen LogP contribution is -2.63. The van der Waals surface area contributed by atoms with Crippen LogP contribution in [-0.2, 0) is 9.53 Å². The molecule has 0 radical (unpaired) electrons. The fourth-order valence-electron chi connectivity index (χ4n) is 5.73. The van der Waals surface area contributed by atoms with Crippen LogP contribution in [0.4, 0.5) is 25.0 Å². The molecule has 1 aliphatic carbocycles. The second-order valence-electron chi connectivity index (χ2n) is 9.55. The van der Waals surface area contributed by atoms with Gasteiger partial charge in [-0.25, -0.2) is 13.6 Å². The Bertz CT molecular complexity index is 1110. The highest BCUT2D eigenvalue weighted by Gasteiger charge is 2.55. The van der Waals surface area contributed by atoms with Gasteiger partial charge in [0.2, 0.25) is 11.8 Å². The lowest BCUT2D eigenvalue weighted by Gasteiger charge is -2.52. The topological polar surface area (TPSA) is 87.9 Å². The normalized spacial score (nSPS) is 25.1. The van der Waals surface area contributed by atoms with Gasteiger partial charge in [-0.05, 0) is 43.4 Å². The summed E-state index contributed by atoms with van der Waals surface area (Å²) in [5, 5.41) is 14.6. The van der Waals surface area contributed by atoms with Gasteiger partial charge in [0.15, 0.2) is 0 Å². The predicted octanol–water partition coefficient (Wildman–Crippen LogP) is 4.55. The third-order valence-corrected chi connectivity index (χ3v) is 7.34. The van der Waals surface area contributed by atoms with Gasteiger partial charge in [0.25, 0.3) is 0 Å². The van der Waals surface area contributed by atoms with E-state index in [0.29, 0.717) is 24.6 Å². The van der Waals surface area contributed by atoms with E-state index in [4.69, 9.17) is 4.74 Å². The molecule has 0 spiro atoms. The number of benzene rings is 1. The summed E-state index contributed by atoms with van der Waals surface area (Å²) in [6, 6.07) is 4.22. The smallest absolute Gasteiger partial charge is 0.412 e. The molecule has 2 atom stereocenters. The van der Waals surface area contributed by atoms with Gasteiger partial charge in [-0.15, -0.1) is 0 Å². The Kier molecular flexibility index (Phi) is 5.58. The number of rotatable bonds is 3. The minimum Gasteiger partial charge on any atom is -0.465 e. The van der Waals surface area contributed by atoms with Crippen molar-refractivity contribution in [2.45, 2.75) is 63.6 Å². The van der Waals surface area contributed by atoms with Crippen LogP contribution in [0.1, 0.15) is 45.6 Å². The van der Waals surface area contributed by atoms with Gasteiger partial charge >= 0.3 is 6.09 Å². The molecule has 1 saturated carbocycles. The summed E-state index contributed by atoms with van der Waals surface area (Å²) in [5.41, 5.74) is 2.36. The molecule has 1 aromatic heterocycles. The largest absolute Gasteiger partial charge is 0.465 e. The van der Waals surface area contributed by atoms with E-state index in [1.807, 2.05) is 16.9 Å². The molecule has 2 amide bonds. The van der Waals surface area contributed by atoms with Crippen molar-refractivity contribution in [2.24, 2.45) is 5.92 Å². The monoisotopic (exact) mass is 474 g/mol. The number of nitrogens with zero attached hydrogens (tertiary/aromatic N) is 4. The van der Waals surface area contributed by atoms with Crippen molar-refractivity contribution in [1.82, 2.24) is 9.78 Å². The van der Waals surface area contributed by atoms with Crippen LogP contribution < -0.4 is 9.80 Å². The quantitative estimate of drug-likeness (QED) is 0.705.